The molecule has 0 unspecified atom stereocenters. The van der Waals surface area contributed by atoms with Gasteiger partial charge in [-0.1, -0.05) is 23.4 Å². The number of carboxylic acids is 1. The molecule has 0 saturated carbocycles. The Hall–Kier alpha value is -1.31. The second-order valence-corrected chi connectivity index (χ2v) is 5.90. The third-order valence-electron chi connectivity index (χ3n) is 2.28. The Morgan fingerprint density at radius 1 is 1.45 bits per heavy atom. The van der Waals surface area contributed by atoms with Crippen LogP contribution in [0.3, 0.4) is 0 Å². The number of rotatable bonds is 4. The molecule has 1 N–H and O–H groups in total. The SMILES string of the molecule is O=C(O)CSc1nc(=O)ccn1-c1ccc(Cl)c(Br)c1. The molecule has 0 bridgehead atoms. The fraction of sp³-hybridized carbons (Fsp3) is 0.0833. The third-order valence-corrected chi connectivity index (χ3v) is 4.44. The maximum Gasteiger partial charge on any atom is 0.313 e. The van der Waals surface area contributed by atoms with Crippen LogP contribution in [-0.4, -0.2) is 26.4 Å². The fourth-order valence-electron chi connectivity index (χ4n) is 1.45. The zero-order chi connectivity index (χ0) is 14.7. The molecule has 20 heavy (non-hydrogen) atoms. The third kappa shape index (κ3) is 3.62. The molecule has 0 radical (unpaired) electrons. The van der Waals surface area contributed by atoms with Crippen molar-refractivity contribution in [2.45, 2.75) is 5.16 Å². The Kier molecular flexibility index (Phi) is 4.85. The lowest BCUT2D eigenvalue weighted by atomic mass is 10.3. The Labute approximate surface area is 131 Å². The summed E-state index contributed by atoms with van der Waals surface area (Å²) in [6.07, 6.45) is 1.55. The minimum absolute atomic E-state index is 0.175. The Bertz CT molecular complexity index is 720. The molecule has 0 aliphatic heterocycles. The Morgan fingerprint density at radius 2 is 2.20 bits per heavy atom. The van der Waals surface area contributed by atoms with E-state index in [0.29, 0.717) is 14.7 Å². The van der Waals surface area contributed by atoms with Crippen molar-refractivity contribution in [2.24, 2.45) is 0 Å². The topological polar surface area (TPSA) is 72.2 Å². The minimum Gasteiger partial charge on any atom is -0.481 e. The van der Waals surface area contributed by atoms with Gasteiger partial charge in [0.2, 0.25) is 0 Å². The number of carbonyl (C=O) groups is 1. The molecule has 0 atom stereocenters. The fourth-order valence-corrected chi connectivity index (χ4v) is 2.64. The van der Waals surface area contributed by atoms with E-state index in [1.54, 1.807) is 29.0 Å². The molecule has 0 amide bonds. The molecule has 0 spiro atoms. The standard InChI is InChI=1S/C12H8BrClN2O3S/c13-8-5-7(1-2-9(8)14)16-4-3-10(17)15-12(16)20-6-11(18)19/h1-5H,6H2,(H,18,19). The van der Waals surface area contributed by atoms with Crippen LogP contribution in [0.1, 0.15) is 0 Å². The van der Waals surface area contributed by atoms with Gasteiger partial charge in [0.25, 0.3) is 5.56 Å². The van der Waals surface area contributed by atoms with E-state index in [4.69, 9.17) is 16.7 Å². The van der Waals surface area contributed by atoms with Gasteiger partial charge < -0.3 is 5.11 Å². The van der Waals surface area contributed by atoms with Gasteiger partial charge in [-0.3, -0.25) is 14.2 Å². The predicted molar refractivity (Wildman–Crippen MR) is 80.9 cm³/mol. The van der Waals surface area contributed by atoms with Crippen molar-refractivity contribution < 1.29 is 9.90 Å². The highest BCUT2D eigenvalue weighted by Gasteiger charge is 2.09. The number of thioether (sulfide) groups is 1. The van der Waals surface area contributed by atoms with Gasteiger partial charge in [-0.15, -0.1) is 0 Å². The molecular weight excluding hydrogens is 368 g/mol. The molecule has 8 heteroatoms. The van der Waals surface area contributed by atoms with Crippen molar-refractivity contribution in [1.29, 1.82) is 0 Å². The maximum atomic E-state index is 11.3. The number of aliphatic carboxylic acids is 1. The summed E-state index contributed by atoms with van der Waals surface area (Å²) < 4.78 is 2.33. The molecule has 1 aromatic carbocycles. The first-order chi connectivity index (χ1) is 9.47. The predicted octanol–water partition coefficient (Wildman–Crippen LogP) is 2.83. The average Bonchev–Trinajstić information content (AvgIpc) is 2.40. The molecule has 104 valence electrons. The molecule has 0 aliphatic carbocycles. The lowest BCUT2D eigenvalue weighted by Crippen LogP contribution is -2.13. The minimum atomic E-state index is -0.975. The van der Waals surface area contributed by atoms with Gasteiger partial charge in [0, 0.05) is 22.4 Å². The highest BCUT2D eigenvalue weighted by atomic mass is 79.9. The highest BCUT2D eigenvalue weighted by Crippen LogP contribution is 2.26. The Morgan fingerprint density at radius 3 is 2.85 bits per heavy atom. The van der Waals surface area contributed by atoms with Crippen LogP contribution < -0.4 is 5.56 Å². The summed E-state index contributed by atoms with van der Waals surface area (Å²) in [4.78, 5) is 25.8. The van der Waals surface area contributed by atoms with E-state index < -0.39 is 11.5 Å². The van der Waals surface area contributed by atoms with Crippen molar-refractivity contribution in [3.8, 4) is 5.69 Å². The van der Waals surface area contributed by atoms with Crippen molar-refractivity contribution in [3.63, 3.8) is 0 Å². The lowest BCUT2D eigenvalue weighted by molar-refractivity contribution is -0.133. The number of hydrogen-bond acceptors (Lipinski definition) is 4. The van der Waals surface area contributed by atoms with Crippen molar-refractivity contribution in [3.05, 3.63) is 50.3 Å². The molecule has 2 rings (SSSR count). The van der Waals surface area contributed by atoms with Crippen LogP contribution in [0.2, 0.25) is 5.02 Å². The van der Waals surface area contributed by atoms with Crippen LogP contribution >= 0.6 is 39.3 Å². The van der Waals surface area contributed by atoms with Gasteiger partial charge >= 0.3 is 5.97 Å². The maximum absolute atomic E-state index is 11.3. The molecule has 0 aliphatic rings. The quantitative estimate of drug-likeness (QED) is 0.657. The van der Waals surface area contributed by atoms with Crippen molar-refractivity contribution >= 4 is 45.3 Å². The van der Waals surface area contributed by atoms with Crippen molar-refractivity contribution in [2.75, 3.05) is 5.75 Å². The average molecular weight is 376 g/mol. The van der Waals surface area contributed by atoms with E-state index in [9.17, 15) is 9.59 Å². The molecular formula is C12H8BrClN2O3S. The summed E-state index contributed by atoms with van der Waals surface area (Å²) in [6.45, 7) is 0. The summed E-state index contributed by atoms with van der Waals surface area (Å²) in [7, 11) is 0. The number of nitrogens with zero attached hydrogens (tertiary/aromatic N) is 2. The smallest absolute Gasteiger partial charge is 0.313 e. The number of benzene rings is 1. The van der Waals surface area contributed by atoms with Crippen LogP contribution in [0.25, 0.3) is 5.69 Å². The Balaban J connectivity index is 2.46. The second kappa shape index (κ2) is 6.43. The van der Waals surface area contributed by atoms with E-state index in [1.807, 2.05) is 0 Å². The van der Waals surface area contributed by atoms with Crippen LogP contribution in [0.4, 0.5) is 0 Å². The molecule has 1 heterocycles. The number of aromatic nitrogens is 2. The van der Waals surface area contributed by atoms with E-state index in [0.717, 1.165) is 17.4 Å². The van der Waals surface area contributed by atoms with Gasteiger partial charge in [0.1, 0.15) is 0 Å². The van der Waals surface area contributed by atoms with Crippen LogP contribution in [0.15, 0.2) is 44.9 Å². The zero-order valence-corrected chi connectivity index (χ0v) is 13.1. The summed E-state index contributed by atoms with van der Waals surface area (Å²) in [5, 5.41) is 9.60. The summed E-state index contributed by atoms with van der Waals surface area (Å²) in [5.41, 5.74) is 0.309. The van der Waals surface area contributed by atoms with E-state index >= 15 is 0 Å². The van der Waals surface area contributed by atoms with Crippen LogP contribution in [0.5, 0.6) is 0 Å². The number of carboxylic acid groups (broad SMARTS) is 1. The lowest BCUT2D eigenvalue weighted by Gasteiger charge is -2.11. The van der Waals surface area contributed by atoms with Crippen molar-refractivity contribution in [1.82, 2.24) is 9.55 Å². The number of halogens is 2. The largest absolute Gasteiger partial charge is 0.481 e. The van der Waals surface area contributed by atoms with Gasteiger partial charge in [0.15, 0.2) is 5.16 Å². The van der Waals surface area contributed by atoms with Gasteiger partial charge in [0.05, 0.1) is 10.8 Å². The van der Waals surface area contributed by atoms with E-state index in [-0.39, 0.29) is 5.75 Å². The second-order valence-electron chi connectivity index (χ2n) is 3.70. The van der Waals surface area contributed by atoms with Crippen LogP contribution in [0, 0.1) is 0 Å². The van der Waals surface area contributed by atoms with E-state index in [1.165, 1.54) is 6.07 Å². The zero-order valence-electron chi connectivity index (χ0n) is 9.92. The highest BCUT2D eigenvalue weighted by molar-refractivity contribution is 9.10. The first-order valence-corrected chi connectivity index (χ1v) is 7.53. The van der Waals surface area contributed by atoms with Gasteiger partial charge in [-0.05, 0) is 34.1 Å². The molecule has 0 saturated heterocycles. The normalized spacial score (nSPS) is 10.5. The van der Waals surface area contributed by atoms with Gasteiger partial charge in [-0.25, -0.2) is 0 Å². The first-order valence-electron chi connectivity index (χ1n) is 5.37. The summed E-state index contributed by atoms with van der Waals surface area (Å²) in [6, 6.07) is 6.53. The van der Waals surface area contributed by atoms with Gasteiger partial charge in [-0.2, -0.15) is 4.98 Å². The monoisotopic (exact) mass is 374 g/mol. The van der Waals surface area contributed by atoms with E-state index in [2.05, 4.69) is 20.9 Å². The molecule has 1 aromatic heterocycles. The molecule has 0 fully saturated rings. The number of hydrogen-bond donors (Lipinski definition) is 1. The summed E-state index contributed by atoms with van der Waals surface area (Å²) >= 11 is 10.2. The first kappa shape index (κ1) is 15.1. The molecule has 2 aromatic rings. The van der Waals surface area contributed by atoms with Crippen LogP contribution in [-0.2, 0) is 4.79 Å². The molecule has 5 nitrogen and oxygen atoms in total. The summed E-state index contributed by atoms with van der Waals surface area (Å²) in [5.74, 6) is -1.15.